The second-order valence-electron chi connectivity index (χ2n) is 8.10. The van der Waals surface area contributed by atoms with Crippen molar-refractivity contribution >= 4 is 34.9 Å². The minimum absolute atomic E-state index is 0.00119. The molecule has 0 bridgehead atoms. The van der Waals surface area contributed by atoms with Crippen molar-refractivity contribution in [2.24, 2.45) is 0 Å². The standard InChI is InChI=1S/C24H25FN2O5S/c1-3-32-24(31)26-10-8-16(9-11-26)27-20(18-5-4-12-33-18)19(22(29)23(27)30)21(28)15-6-7-17(25)14(2)13-15/h4-7,12-13,16,20,28H,3,8-11H2,1-2H3/b21-19-. The third-order valence-corrected chi connectivity index (χ3v) is 7.03. The van der Waals surface area contributed by atoms with Gasteiger partial charge in [0.05, 0.1) is 18.2 Å². The number of carbonyl (C=O) groups is 3. The Morgan fingerprint density at radius 1 is 1.24 bits per heavy atom. The minimum Gasteiger partial charge on any atom is -0.507 e. The summed E-state index contributed by atoms with van der Waals surface area (Å²) in [5.74, 6) is -2.18. The Kier molecular flexibility index (Phi) is 6.51. The first kappa shape index (κ1) is 23.0. The molecule has 174 valence electrons. The molecule has 2 aliphatic rings. The summed E-state index contributed by atoms with van der Waals surface area (Å²) in [5.41, 5.74) is 0.610. The number of thiophene rings is 1. The van der Waals surface area contributed by atoms with Gasteiger partial charge in [0.2, 0.25) is 0 Å². The molecule has 1 atom stereocenters. The van der Waals surface area contributed by atoms with Crippen LogP contribution in [0.1, 0.15) is 41.8 Å². The summed E-state index contributed by atoms with van der Waals surface area (Å²) in [6.07, 6.45) is 0.590. The molecule has 2 fully saturated rings. The number of rotatable bonds is 4. The van der Waals surface area contributed by atoms with Crippen LogP contribution in [0.2, 0.25) is 0 Å². The van der Waals surface area contributed by atoms with Gasteiger partial charge in [-0.25, -0.2) is 9.18 Å². The van der Waals surface area contributed by atoms with Crippen LogP contribution in [0, 0.1) is 12.7 Å². The van der Waals surface area contributed by atoms with Crippen LogP contribution in [0.3, 0.4) is 0 Å². The fourth-order valence-corrected chi connectivity index (χ4v) is 5.27. The highest BCUT2D eigenvalue weighted by atomic mass is 32.1. The number of amides is 2. The number of nitrogens with zero attached hydrogens (tertiary/aromatic N) is 2. The molecular weight excluding hydrogens is 447 g/mol. The summed E-state index contributed by atoms with van der Waals surface area (Å²) >= 11 is 1.39. The summed E-state index contributed by atoms with van der Waals surface area (Å²) in [6.45, 7) is 4.41. The largest absolute Gasteiger partial charge is 0.507 e. The van der Waals surface area contributed by atoms with Crippen molar-refractivity contribution in [2.45, 2.75) is 38.8 Å². The molecule has 0 spiro atoms. The highest BCUT2D eigenvalue weighted by Crippen LogP contribution is 2.43. The lowest BCUT2D eigenvalue weighted by Gasteiger charge is -2.38. The Bertz CT molecular complexity index is 1110. The van der Waals surface area contributed by atoms with Gasteiger partial charge < -0.3 is 19.6 Å². The molecule has 0 saturated carbocycles. The molecule has 1 N–H and O–H groups in total. The van der Waals surface area contributed by atoms with E-state index in [1.807, 2.05) is 17.5 Å². The maximum absolute atomic E-state index is 13.8. The van der Waals surface area contributed by atoms with Crippen LogP contribution in [0.15, 0.2) is 41.3 Å². The molecule has 1 unspecified atom stereocenters. The molecule has 2 aliphatic heterocycles. The Morgan fingerprint density at radius 3 is 2.58 bits per heavy atom. The summed E-state index contributed by atoms with van der Waals surface area (Å²) in [5, 5.41) is 12.9. The predicted molar refractivity (Wildman–Crippen MR) is 121 cm³/mol. The van der Waals surface area contributed by atoms with Crippen molar-refractivity contribution in [3.63, 3.8) is 0 Å². The molecular formula is C24H25FN2O5S. The van der Waals surface area contributed by atoms with Gasteiger partial charge in [-0.15, -0.1) is 11.3 Å². The number of benzene rings is 1. The van der Waals surface area contributed by atoms with Crippen molar-refractivity contribution in [1.29, 1.82) is 0 Å². The number of ketones is 1. The van der Waals surface area contributed by atoms with Crippen LogP contribution in [-0.2, 0) is 14.3 Å². The topological polar surface area (TPSA) is 87.2 Å². The molecule has 0 radical (unpaired) electrons. The van der Waals surface area contributed by atoms with Crippen molar-refractivity contribution in [1.82, 2.24) is 9.80 Å². The molecule has 7 nitrogen and oxygen atoms in total. The fraction of sp³-hybridized carbons (Fsp3) is 0.375. The number of likely N-dealkylation sites (tertiary alicyclic amines) is 2. The normalized spacial score (nSPS) is 21.0. The number of Topliss-reactive ketones (excluding diaryl/α,β-unsaturated/α-hetero) is 1. The predicted octanol–water partition coefficient (Wildman–Crippen LogP) is 4.24. The number of hydrogen-bond acceptors (Lipinski definition) is 6. The van der Waals surface area contributed by atoms with E-state index in [1.54, 1.807) is 23.6 Å². The maximum atomic E-state index is 13.8. The summed E-state index contributed by atoms with van der Waals surface area (Å²) in [7, 11) is 0. The number of carbonyl (C=O) groups excluding carboxylic acids is 3. The van der Waals surface area contributed by atoms with E-state index in [0.29, 0.717) is 31.5 Å². The lowest BCUT2D eigenvalue weighted by atomic mass is 9.97. The minimum atomic E-state index is -0.763. The van der Waals surface area contributed by atoms with Crippen LogP contribution in [-0.4, -0.2) is 58.4 Å². The van der Waals surface area contributed by atoms with Gasteiger partial charge in [0.25, 0.3) is 11.7 Å². The zero-order valence-corrected chi connectivity index (χ0v) is 19.2. The van der Waals surface area contributed by atoms with Crippen molar-refractivity contribution < 1.29 is 28.6 Å². The smallest absolute Gasteiger partial charge is 0.409 e. The molecule has 1 aromatic carbocycles. The van der Waals surface area contributed by atoms with Gasteiger partial charge in [-0.1, -0.05) is 6.07 Å². The summed E-state index contributed by atoms with van der Waals surface area (Å²) in [6, 6.07) is 6.71. The quantitative estimate of drug-likeness (QED) is 0.409. The van der Waals surface area contributed by atoms with Crippen molar-refractivity contribution in [3.8, 4) is 0 Å². The monoisotopic (exact) mass is 472 g/mol. The zero-order valence-electron chi connectivity index (χ0n) is 18.4. The van der Waals surface area contributed by atoms with E-state index in [2.05, 4.69) is 0 Å². The first-order chi connectivity index (χ1) is 15.8. The van der Waals surface area contributed by atoms with Crippen LogP contribution in [0.5, 0.6) is 0 Å². The number of piperidine rings is 1. The lowest BCUT2D eigenvalue weighted by Crippen LogP contribution is -2.48. The van der Waals surface area contributed by atoms with Crippen LogP contribution in [0.4, 0.5) is 9.18 Å². The Morgan fingerprint density at radius 2 is 1.97 bits per heavy atom. The molecule has 9 heteroatoms. The average Bonchev–Trinajstić information content (AvgIpc) is 3.42. The highest BCUT2D eigenvalue weighted by molar-refractivity contribution is 7.10. The van der Waals surface area contributed by atoms with Crippen LogP contribution < -0.4 is 0 Å². The van der Waals surface area contributed by atoms with E-state index in [9.17, 15) is 23.9 Å². The molecule has 33 heavy (non-hydrogen) atoms. The number of aliphatic hydroxyl groups is 1. The van der Waals surface area contributed by atoms with E-state index in [1.165, 1.54) is 29.5 Å². The number of aryl methyl sites for hydroxylation is 1. The molecule has 2 aromatic rings. The Hall–Kier alpha value is -3.20. The van der Waals surface area contributed by atoms with E-state index in [-0.39, 0.29) is 35.6 Å². The molecule has 1 aromatic heterocycles. The van der Waals surface area contributed by atoms with E-state index in [4.69, 9.17) is 4.74 Å². The number of ether oxygens (including phenoxy) is 1. The molecule has 3 heterocycles. The molecule has 0 aliphatic carbocycles. The summed E-state index contributed by atoms with van der Waals surface area (Å²) < 4.78 is 18.8. The van der Waals surface area contributed by atoms with Gasteiger partial charge in [0.15, 0.2) is 0 Å². The lowest BCUT2D eigenvalue weighted by molar-refractivity contribution is -0.142. The second-order valence-corrected chi connectivity index (χ2v) is 9.08. The van der Waals surface area contributed by atoms with E-state index < -0.39 is 23.5 Å². The van der Waals surface area contributed by atoms with E-state index >= 15 is 0 Å². The Labute approximate surface area is 195 Å². The second kappa shape index (κ2) is 9.35. The third-order valence-electron chi connectivity index (χ3n) is 6.11. The summed E-state index contributed by atoms with van der Waals surface area (Å²) in [4.78, 5) is 42.2. The Balaban J connectivity index is 1.70. The van der Waals surface area contributed by atoms with Gasteiger partial charge in [0.1, 0.15) is 11.6 Å². The first-order valence-electron chi connectivity index (χ1n) is 10.8. The van der Waals surface area contributed by atoms with Gasteiger partial charge in [-0.2, -0.15) is 0 Å². The first-order valence-corrected chi connectivity index (χ1v) is 11.7. The third kappa shape index (κ3) is 4.25. The van der Waals surface area contributed by atoms with E-state index in [0.717, 1.165) is 4.88 Å². The molecule has 2 saturated heterocycles. The SMILES string of the molecule is CCOC(=O)N1CCC(N2C(=O)C(=O)/C(=C(\O)c3ccc(F)c(C)c3)C2c2cccs2)CC1. The van der Waals surface area contributed by atoms with Gasteiger partial charge in [-0.05, 0) is 61.9 Å². The van der Waals surface area contributed by atoms with Crippen molar-refractivity contribution in [2.75, 3.05) is 19.7 Å². The number of halogens is 1. The average molecular weight is 473 g/mol. The van der Waals surface area contributed by atoms with Crippen molar-refractivity contribution in [3.05, 3.63) is 63.1 Å². The van der Waals surface area contributed by atoms with Gasteiger partial charge >= 0.3 is 6.09 Å². The molecule has 4 rings (SSSR count). The fourth-order valence-electron chi connectivity index (χ4n) is 4.44. The zero-order chi connectivity index (χ0) is 23.7. The number of aliphatic hydroxyl groups excluding tert-OH is 1. The van der Waals surface area contributed by atoms with Gasteiger partial charge in [-0.3, -0.25) is 9.59 Å². The maximum Gasteiger partial charge on any atom is 0.409 e. The number of hydrogen-bond donors (Lipinski definition) is 1. The van der Waals surface area contributed by atoms with Crippen LogP contribution >= 0.6 is 11.3 Å². The van der Waals surface area contributed by atoms with Gasteiger partial charge in [0, 0.05) is 29.6 Å². The molecule has 2 amide bonds. The van der Waals surface area contributed by atoms with Crippen LogP contribution in [0.25, 0.3) is 5.76 Å². The highest BCUT2D eigenvalue weighted by Gasteiger charge is 2.49.